The van der Waals surface area contributed by atoms with Crippen LogP contribution in [0.3, 0.4) is 0 Å². The van der Waals surface area contributed by atoms with Crippen molar-refractivity contribution in [3.63, 3.8) is 0 Å². The van der Waals surface area contributed by atoms with Crippen LogP contribution in [0.4, 0.5) is 17.6 Å². The van der Waals surface area contributed by atoms with Gasteiger partial charge in [0, 0.05) is 18.9 Å². The third kappa shape index (κ3) is 9.85. The van der Waals surface area contributed by atoms with Crippen LogP contribution >= 0.6 is 0 Å². The molecule has 0 aliphatic carbocycles. The Kier molecular flexibility index (Phi) is 15.0. The zero-order valence-corrected chi connectivity index (χ0v) is 24.9. The standard InChI is InChI=1S/C19H24NO2.C8H3F4O.2Nb/c1-15(2)13-18(22)20-11-9-19(14-21,10-12-20)16(3)17-7-5-4-6-8-17;9-7-2-1-6(8(10,11)12)3-5(7)4-13;;/h4-8,13,15-16H,3,9-12H2,1-2H3;1-3H;;/q-3;-1;2*+2. The molecule has 1 unspecified atom stereocenters. The molecule has 10 heteroatoms. The fourth-order valence-corrected chi connectivity index (χ4v) is 3.82. The van der Waals surface area contributed by atoms with Crippen molar-refractivity contribution in [1.29, 1.82) is 0 Å². The molecular weight excluding hydrogens is 648 g/mol. The number of halogens is 4. The van der Waals surface area contributed by atoms with Gasteiger partial charge in [0.05, 0.1) is 12.2 Å². The number of piperidine rings is 1. The van der Waals surface area contributed by atoms with E-state index in [1.807, 2.05) is 49.1 Å². The van der Waals surface area contributed by atoms with E-state index in [0.29, 0.717) is 44.1 Å². The van der Waals surface area contributed by atoms with Crippen LogP contribution in [0.1, 0.15) is 49.3 Å². The van der Waals surface area contributed by atoms with Gasteiger partial charge < -0.3 is 32.6 Å². The normalized spacial score (nSPS) is 15.2. The molecule has 0 saturated carbocycles. The Morgan fingerprint density at radius 3 is 2.08 bits per heavy atom. The molecule has 4 nitrogen and oxygen atoms in total. The zero-order chi connectivity index (χ0) is 26.2. The molecule has 2 aromatic carbocycles. The zero-order valence-electron chi connectivity index (χ0n) is 20.5. The van der Waals surface area contributed by atoms with E-state index >= 15 is 0 Å². The predicted molar refractivity (Wildman–Crippen MR) is 124 cm³/mol. The maximum absolute atomic E-state index is 12.5. The van der Waals surface area contributed by atoms with Gasteiger partial charge in [0.1, 0.15) is 0 Å². The molecule has 37 heavy (non-hydrogen) atoms. The first-order valence-corrected chi connectivity index (χ1v) is 11.1. The number of carbonyl (C=O) groups excluding carboxylic acids is 3. The Morgan fingerprint density at radius 1 is 1.05 bits per heavy atom. The first-order valence-electron chi connectivity index (χ1n) is 11.1. The van der Waals surface area contributed by atoms with Crippen LogP contribution in [0.2, 0.25) is 0 Å². The molecule has 1 saturated heterocycles. The molecule has 0 N–H and O–H groups in total. The number of rotatable bonds is 6. The van der Waals surface area contributed by atoms with Crippen LogP contribution in [0, 0.1) is 30.5 Å². The molecule has 3 rings (SSSR count). The quantitative estimate of drug-likeness (QED) is 0.232. The summed E-state index contributed by atoms with van der Waals surface area (Å²) in [5.41, 5.74) is -1.31. The van der Waals surface area contributed by atoms with Crippen molar-refractivity contribution < 1.29 is 76.7 Å². The average molecular weight is 675 g/mol. The Balaban J connectivity index is 0.000000747. The van der Waals surface area contributed by atoms with Crippen molar-refractivity contribution in [2.75, 3.05) is 13.1 Å². The number of alkyl halides is 3. The summed E-state index contributed by atoms with van der Waals surface area (Å²) in [5, 5.41) is 0. The minimum absolute atomic E-state index is 0. The second-order valence-corrected chi connectivity index (χ2v) is 8.75. The summed E-state index contributed by atoms with van der Waals surface area (Å²) in [7, 11) is 0. The molecule has 1 aliphatic rings. The van der Waals surface area contributed by atoms with E-state index in [-0.39, 0.29) is 62.5 Å². The Morgan fingerprint density at radius 2 is 1.62 bits per heavy atom. The first kappa shape index (κ1) is 35.3. The number of likely N-dealkylation sites (tertiary alicyclic amines) is 1. The van der Waals surface area contributed by atoms with E-state index in [2.05, 4.69) is 13.2 Å². The van der Waals surface area contributed by atoms with Gasteiger partial charge in [0.15, 0.2) is 0 Å². The fourth-order valence-electron chi connectivity index (χ4n) is 3.82. The second-order valence-electron chi connectivity index (χ2n) is 8.75. The van der Waals surface area contributed by atoms with Crippen LogP contribution in [0.5, 0.6) is 0 Å². The summed E-state index contributed by atoms with van der Waals surface area (Å²) >= 11 is 0. The summed E-state index contributed by atoms with van der Waals surface area (Å²) in [6.07, 6.45) is 1.75. The summed E-state index contributed by atoms with van der Waals surface area (Å²) < 4.78 is 48.5. The monoisotopic (exact) mass is 675 g/mol. The van der Waals surface area contributed by atoms with E-state index in [1.165, 1.54) is 0 Å². The van der Waals surface area contributed by atoms with Crippen LogP contribution in [-0.4, -0.2) is 36.5 Å². The van der Waals surface area contributed by atoms with Gasteiger partial charge in [-0.15, -0.1) is 17.0 Å². The smallest absolute Gasteiger partial charge is 0.541 e. The van der Waals surface area contributed by atoms with Crippen LogP contribution in [0.25, 0.3) is 0 Å². The van der Waals surface area contributed by atoms with Crippen molar-refractivity contribution >= 4 is 18.5 Å². The molecule has 1 amide bonds. The molecule has 1 fully saturated rings. The van der Waals surface area contributed by atoms with Gasteiger partial charge in [0.2, 0.25) is 0 Å². The molecule has 2 aromatic rings. The molecule has 0 spiro atoms. The predicted octanol–water partition coefficient (Wildman–Crippen LogP) is 5.48. The largest absolute Gasteiger partial charge is 2.00 e. The average Bonchev–Trinajstić information content (AvgIpc) is 2.83. The molecule has 196 valence electrons. The Hall–Kier alpha value is -1.68. The van der Waals surface area contributed by atoms with E-state index < -0.39 is 28.5 Å². The second kappa shape index (κ2) is 15.7. The summed E-state index contributed by atoms with van der Waals surface area (Å²) in [6.45, 7) is 9.39. The van der Waals surface area contributed by atoms with Gasteiger partial charge in [-0.05, 0) is 5.56 Å². The molecular formula is C27H27F4NNb2O3. The van der Waals surface area contributed by atoms with Gasteiger partial charge in [0.25, 0.3) is 0 Å². The van der Waals surface area contributed by atoms with Crippen molar-refractivity contribution in [3.8, 4) is 0 Å². The van der Waals surface area contributed by atoms with E-state index in [9.17, 15) is 31.9 Å². The van der Waals surface area contributed by atoms with Gasteiger partial charge in [-0.1, -0.05) is 74.7 Å². The van der Waals surface area contributed by atoms with Gasteiger partial charge in [-0.3, -0.25) is 10.7 Å². The maximum Gasteiger partial charge on any atom is 2.00 e. The number of nitrogens with zero attached hydrogens (tertiary/aromatic N) is 1. The first-order chi connectivity index (χ1) is 16.4. The number of benzene rings is 2. The maximum atomic E-state index is 12.5. The van der Waals surface area contributed by atoms with Gasteiger partial charge >= 0.3 is 50.9 Å². The molecule has 0 aromatic heterocycles. The topological polar surface area (TPSA) is 54.5 Å². The third-order valence-corrected chi connectivity index (χ3v) is 5.92. The molecule has 1 aliphatic heterocycles. The van der Waals surface area contributed by atoms with E-state index in [0.717, 1.165) is 11.8 Å². The molecule has 1 atom stereocenters. The molecule has 1 heterocycles. The summed E-state index contributed by atoms with van der Waals surface area (Å²) in [5.74, 6) is -0.836. The van der Waals surface area contributed by atoms with Gasteiger partial charge in [-0.25, -0.2) is 0 Å². The number of amides is 1. The van der Waals surface area contributed by atoms with Crippen LogP contribution < -0.4 is 0 Å². The van der Waals surface area contributed by atoms with Crippen LogP contribution in [-0.2, 0) is 65.3 Å². The number of carbonyl (C=O) groups is 1. The SMILES string of the molecule is O=[C-]c1cc(C(F)(F)F)ccc1F.[CH2-]C(c1ccccc1)C1([C-]=O)CCN(C(=O)[CH-]C(C)C)CC1.[Nb+2].[Nb+2]. The minimum atomic E-state index is -4.57. The summed E-state index contributed by atoms with van der Waals surface area (Å²) in [6, 6.07) is 11.4. The van der Waals surface area contributed by atoms with Crippen molar-refractivity contribution in [2.24, 2.45) is 11.3 Å². The fraction of sp³-hybridized carbons (Fsp3) is 0.370. The van der Waals surface area contributed by atoms with E-state index in [1.54, 1.807) is 6.42 Å². The molecule has 0 bridgehead atoms. The van der Waals surface area contributed by atoms with Crippen molar-refractivity contribution in [1.82, 2.24) is 4.90 Å². The van der Waals surface area contributed by atoms with Crippen molar-refractivity contribution in [3.05, 3.63) is 84.4 Å². The Bertz CT molecular complexity index is 1010. The Labute approximate surface area is 246 Å². The van der Waals surface area contributed by atoms with E-state index in [4.69, 9.17) is 0 Å². The minimum Gasteiger partial charge on any atom is -0.541 e. The van der Waals surface area contributed by atoms with Gasteiger partial charge in [-0.2, -0.15) is 25.0 Å². The molecule has 2 radical (unpaired) electrons. The van der Waals surface area contributed by atoms with Crippen LogP contribution in [0.15, 0.2) is 48.5 Å². The number of hydrogen-bond acceptors (Lipinski definition) is 3. The number of hydrogen-bond donors (Lipinski definition) is 0. The third-order valence-electron chi connectivity index (χ3n) is 5.92. The summed E-state index contributed by atoms with van der Waals surface area (Å²) in [4.78, 5) is 35.6. The van der Waals surface area contributed by atoms with Crippen molar-refractivity contribution in [2.45, 2.75) is 38.8 Å².